The maximum Gasteiger partial charge on any atom is 0.306 e. The van der Waals surface area contributed by atoms with Crippen molar-refractivity contribution in [2.24, 2.45) is 46.3 Å². The molecule has 238 valence electrons. The molecule has 4 aliphatic carbocycles. The average Bonchev–Trinajstić information content (AvgIpc) is 3.54. The zero-order valence-corrected chi connectivity index (χ0v) is 28.4. The molecule has 7 nitrogen and oxygen atoms in total. The fourth-order valence-electron chi connectivity index (χ4n) is 10.1. The largest absolute Gasteiger partial charge is 0.481 e. The Kier molecular flexibility index (Phi) is 9.82. The Morgan fingerprint density at radius 3 is 2.53 bits per heavy atom. The van der Waals surface area contributed by atoms with Gasteiger partial charge >= 0.3 is 11.9 Å². The van der Waals surface area contributed by atoms with E-state index in [1.807, 2.05) is 6.07 Å². The standard InChI is InChI=1S/C34H48BrNO6S/c1-5-25(27-8-9-28(35)43-27)36-29(38)16-19(2)22-6-7-23-32-24(13-15-34(22,23)4)33(3)14-12-21(37)17-20(33)18-26(32)42-31(41)11-10-30(39)40/h8-9,19-20,22-26,32H,5-7,10-18H2,1-4H3,(H,36,38)(H,39,40)/t19-,20+,22-,23+,24+,25-,26-,32+,33+,34-/m1/s1. The van der Waals surface area contributed by atoms with Crippen LogP contribution in [0.25, 0.3) is 0 Å². The Morgan fingerprint density at radius 1 is 1.12 bits per heavy atom. The first-order valence-electron chi connectivity index (χ1n) is 16.3. The predicted molar refractivity (Wildman–Crippen MR) is 169 cm³/mol. The van der Waals surface area contributed by atoms with Crippen molar-refractivity contribution in [3.05, 3.63) is 20.8 Å². The maximum atomic E-state index is 13.3. The fraction of sp³-hybridized carbons (Fsp3) is 0.765. The Labute approximate surface area is 268 Å². The number of ketones is 1. The molecule has 0 bridgehead atoms. The highest BCUT2D eigenvalue weighted by molar-refractivity contribution is 9.11. The monoisotopic (exact) mass is 677 g/mol. The van der Waals surface area contributed by atoms with Gasteiger partial charge in [-0.3, -0.25) is 19.2 Å². The molecule has 4 saturated carbocycles. The molecule has 1 heterocycles. The fourth-order valence-corrected chi connectivity index (χ4v) is 11.7. The molecule has 4 aliphatic rings. The third-order valence-electron chi connectivity index (χ3n) is 12.2. The number of carboxylic acids is 1. The van der Waals surface area contributed by atoms with Crippen LogP contribution in [0.3, 0.4) is 0 Å². The van der Waals surface area contributed by atoms with Crippen LogP contribution in [0.1, 0.15) is 116 Å². The highest BCUT2D eigenvalue weighted by atomic mass is 79.9. The molecule has 10 atom stereocenters. The number of halogens is 1. The summed E-state index contributed by atoms with van der Waals surface area (Å²) in [6.07, 6.45) is 7.74. The number of esters is 1. The van der Waals surface area contributed by atoms with Crippen LogP contribution in [-0.2, 0) is 23.9 Å². The van der Waals surface area contributed by atoms with Crippen molar-refractivity contribution in [2.45, 2.75) is 117 Å². The van der Waals surface area contributed by atoms with Crippen LogP contribution in [0.5, 0.6) is 0 Å². The van der Waals surface area contributed by atoms with Gasteiger partial charge in [0.15, 0.2) is 0 Å². The van der Waals surface area contributed by atoms with Crippen molar-refractivity contribution in [3.63, 3.8) is 0 Å². The molecule has 9 heteroatoms. The van der Waals surface area contributed by atoms with Crippen LogP contribution in [0.2, 0.25) is 0 Å². The van der Waals surface area contributed by atoms with E-state index in [0.29, 0.717) is 49.2 Å². The first-order valence-corrected chi connectivity index (χ1v) is 17.9. The van der Waals surface area contributed by atoms with Crippen LogP contribution in [0.4, 0.5) is 0 Å². The Bertz CT molecular complexity index is 1230. The number of hydrogen-bond donors (Lipinski definition) is 2. The topological polar surface area (TPSA) is 110 Å². The highest BCUT2D eigenvalue weighted by Crippen LogP contribution is 2.68. The quantitative estimate of drug-likeness (QED) is 0.245. The van der Waals surface area contributed by atoms with E-state index in [9.17, 15) is 19.2 Å². The molecule has 0 aliphatic heterocycles. The Morgan fingerprint density at radius 2 is 1.86 bits per heavy atom. The highest BCUT2D eigenvalue weighted by Gasteiger charge is 2.64. The number of nitrogens with one attached hydrogen (secondary N) is 1. The van der Waals surface area contributed by atoms with Gasteiger partial charge in [0.05, 0.1) is 22.7 Å². The lowest BCUT2D eigenvalue weighted by Crippen LogP contribution is -2.59. The van der Waals surface area contributed by atoms with E-state index < -0.39 is 11.9 Å². The zero-order valence-electron chi connectivity index (χ0n) is 26.0. The lowest BCUT2D eigenvalue weighted by atomic mass is 9.43. The SMILES string of the molecule is CC[C@@H](NC(=O)C[C@@H](C)[C@H]1CC[C@H]2[C@@H]3[C@H](OC(=O)CCC(=O)O)C[C@@H]4CC(=O)CC[C@]4(C)[C@H]3CC[C@]12C)c1ccc(Br)s1. The number of carbonyl (C=O) groups excluding carboxylic acids is 3. The number of fused-ring (bicyclic) bond motifs is 5. The molecule has 0 saturated heterocycles. The number of hydrogen-bond acceptors (Lipinski definition) is 6. The number of ether oxygens (including phenoxy) is 1. The Balaban J connectivity index is 1.33. The van der Waals surface area contributed by atoms with Gasteiger partial charge in [-0.1, -0.05) is 27.7 Å². The second-order valence-corrected chi connectivity index (χ2v) is 17.0. The van der Waals surface area contributed by atoms with Crippen LogP contribution >= 0.6 is 27.3 Å². The average molecular weight is 679 g/mol. The molecule has 4 fully saturated rings. The van der Waals surface area contributed by atoms with Gasteiger partial charge in [0.1, 0.15) is 11.9 Å². The summed E-state index contributed by atoms with van der Waals surface area (Å²) in [5, 5.41) is 12.4. The second-order valence-electron chi connectivity index (χ2n) is 14.5. The van der Waals surface area contributed by atoms with Crippen molar-refractivity contribution < 1.29 is 29.0 Å². The van der Waals surface area contributed by atoms with Gasteiger partial charge in [-0.25, -0.2) is 0 Å². The van der Waals surface area contributed by atoms with Crippen LogP contribution < -0.4 is 5.32 Å². The van der Waals surface area contributed by atoms with Gasteiger partial charge in [0.25, 0.3) is 0 Å². The molecule has 1 aromatic rings. The summed E-state index contributed by atoms with van der Waals surface area (Å²) in [5.41, 5.74) is 0.0997. The molecular formula is C34H48BrNO6S. The third-order valence-corrected chi connectivity index (χ3v) is 14.0. The number of carbonyl (C=O) groups is 4. The summed E-state index contributed by atoms with van der Waals surface area (Å²) >= 11 is 5.20. The van der Waals surface area contributed by atoms with Crippen molar-refractivity contribution in [3.8, 4) is 0 Å². The third kappa shape index (κ3) is 6.49. The summed E-state index contributed by atoms with van der Waals surface area (Å²) < 4.78 is 7.24. The van der Waals surface area contributed by atoms with Gasteiger partial charge in [-0.15, -0.1) is 11.3 Å². The van der Waals surface area contributed by atoms with E-state index in [1.165, 1.54) is 4.88 Å². The van der Waals surface area contributed by atoms with Crippen molar-refractivity contribution in [1.82, 2.24) is 5.32 Å². The molecule has 0 unspecified atom stereocenters. The molecule has 5 rings (SSSR count). The van der Waals surface area contributed by atoms with E-state index in [-0.39, 0.29) is 59.5 Å². The lowest BCUT2D eigenvalue weighted by Gasteiger charge is -2.62. The van der Waals surface area contributed by atoms with Crippen molar-refractivity contribution in [1.29, 1.82) is 0 Å². The molecule has 1 aromatic heterocycles. The Hall–Kier alpha value is -1.74. The number of thiophene rings is 1. The van der Waals surface area contributed by atoms with Gasteiger partial charge in [0, 0.05) is 30.1 Å². The normalized spacial score (nSPS) is 36.5. The maximum absolute atomic E-state index is 13.3. The molecule has 0 aromatic carbocycles. The molecular weight excluding hydrogens is 630 g/mol. The lowest BCUT2D eigenvalue weighted by molar-refractivity contribution is -0.191. The molecule has 0 spiro atoms. The van der Waals surface area contributed by atoms with E-state index in [0.717, 1.165) is 42.3 Å². The first kappa shape index (κ1) is 32.6. The van der Waals surface area contributed by atoms with Crippen molar-refractivity contribution >= 4 is 50.9 Å². The van der Waals surface area contributed by atoms with Crippen molar-refractivity contribution in [2.75, 3.05) is 0 Å². The van der Waals surface area contributed by atoms with E-state index in [4.69, 9.17) is 9.84 Å². The van der Waals surface area contributed by atoms with Gasteiger partial charge in [0.2, 0.25) is 5.91 Å². The summed E-state index contributed by atoms with van der Waals surface area (Å²) in [4.78, 5) is 51.0. The van der Waals surface area contributed by atoms with Crippen LogP contribution in [-0.4, -0.2) is 34.8 Å². The first-order chi connectivity index (χ1) is 20.4. The summed E-state index contributed by atoms with van der Waals surface area (Å²) in [7, 11) is 0. The molecule has 0 radical (unpaired) electrons. The van der Waals surface area contributed by atoms with E-state index >= 15 is 0 Å². The summed E-state index contributed by atoms with van der Waals surface area (Å²) in [5.74, 6) is 0.769. The van der Waals surface area contributed by atoms with Crippen LogP contribution in [0, 0.1) is 46.3 Å². The number of rotatable bonds is 10. The minimum absolute atomic E-state index is 0.0215. The number of amides is 1. The second kappa shape index (κ2) is 12.9. The predicted octanol–water partition coefficient (Wildman–Crippen LogP) is 7.72. The number of carboxylic acid groups (broad SMARTS) is 1. The molecule has 1 amide bonds. The van der Waals surface area contributed by atoms with Crippen LogP contribution in [0.15, 0.2) is 15.9 Å². The summed E-state index contributed by atoms with van der Waals surface area (Å²) in [6, 6.07) is 4.13. The summed E-state index contributed by atoms with van der Waals surface area (Å²) in [6.45, 7) is 9.13. The minimum atomic E-state index is -1.00. The van der Waals surface area contributed by atoms with Gasteiger partial charge in [-0.05, 0) is 113 Å². The van der Waals surface area contributed by atoms with E-state index in [1.54, 1.807) is 11.3 Å². The molecule has 43 heavy (non-hydrogen) atoms. The van der Waals surface area contributed by atoms with E-state index in [2.05, 4.69) is 55.0 Å². The zero-order chi connectivity index (χ0) is 31.1. The molecule has 2 N–H and O–H groups in total. The van der Waals surface area contributed by atoms with Gasteiger partial charge in [-0.2, -0.15) is 0 Å². The number of aliphatic carboxylic acids is 1. The number of Topliss-reactive ketones (excluding diaryl/α,β-unsaturated/α-hetero) is 1. The minimum Gasteiger partial charge on any atom is -0.481 e. The van der Waals surface area contributed by atoms with Gasteiger partial charge < -0.3 is 15.2 Å². The smallest absolute Gasteiger partial charge is 0.306 e.